The van der Waals surface area contributed by atoms with Crippen LogP contribution in [0.15, 0.2) is 24.3 Å². The number of allylic oxidation sites excluding steroid dienone is 3. The van der Waals surface area contributed by atoms with Gasteiger partial charge in [-0.15, -0.1) is 0 Å². The van der Waals surface area contributed by atoms with Crippen LogP contribution in [0.2, 0.25) is 0 Å². The van der Waals surface area contributed by atoms with E-state index in [1.54, 1.807) is 13.0 Å². The molecule has 0 saturated carbocycles. The van der Waals surface area contributed by atoms with E-state index in [1.807, 2.05) is 19.1 Å². The van der Waals surface area contributed by atoms with Crippen LogP contribution in [0.1, 0.15) is 20.3 Å². The number of rotatable bonds is 4. The van der Waals surface area contributed by atoms with Gasteiger partial charge in [-0.05, 0) is 13.3 Å². The molecule has 0 spiro atoms. The molecular weight excluding hydrogens is 140 g/mol. The van der Waals surface area contributed by atoms with Gasteiger partial charge >= 0.3 is 5.97 Å². The molecule has 11 heavy (non-hydrogen) atoms. The molecule has 0 aliphatic heterocycles. The number of hydrogen-bond acceptors (Lipinski definition) is 2. The Labute approximate surface area is 67.6 Å². The van der Waals surface area contributed by atoms with Gasteiger partial charge in [0.25, 0.3) is 0 Å². The summed E-state index contributed by atoms with van der Waals surface area (Å²) in [5.41, 5.74) is 0. The molecule has 62 valence electrons. The van der Waals surface area contributed by atoms with Gasteiger partial charge in [-0.2, -0.15) is 0 Å². The lowest BCUT2D eigenvalue weighted by atomic mass is 10.4. The molecule has 0 aliphatic carbocycles. The summed E-state index contributed by atoms with van der Waals surface area (Å²) in [6, 6.07) is 0. The second-order valence-corrected chi connectivity index (χ2v) is 1.95. The molecule has 0 rings (SSSR count). The first kappa shape index (κ1) is 9.95. The first-order chi connectivity index (χ1) is 5.31. The summed E-state index contributed by atoms with van der Waals surface area (Å²) in [4.78, 5) is 10.7. The van der Waals surface area contributed by atoms with Gasteiger partial charge in [-0.3, -0.25) is 0 Å². The second kappa shape index (κ2) is 7.06. The van der Waals surface area contributed by atoms with Crippen molar-refractivity contribution in [3.05, 3.63) is 24.3 Å². The molecular formula is C9H14O2. The van der Waals surface area contributed by atoms with Gasteiger partial charge in [-0.25, -0.2) is 4.79 Å². The van der Waals surface area contributed by atoms with E-state index < -0.39 is 0 Å². The minimum Gasteiger partial charge on any atom is -0.463 e. The molecule has 0 saturated heterocycles. The molecule has 0 radical (unpaired) electrons. The molecule has 0 N–H and O–H groups in total. The lowest BCUT2D eigenvalue weighted by molar-refractivity contribution is -0.137. The van der Waals surface area contributed by atoms with E-state index >= 15 is 0 Å². The van der Waals surface area contributed by atoms with Crippen molar-refractivity contribution in [2.24, 2.45) is 0 Å². The Balaban J connectivity index is 3.56. The molecule has 0 unspecified atom stereocenters. The number of carbonyl (C=O) groups excluding carboxylic acids is 1. The minimum atomic E-state index is -0.284. The Hall–Kier alpha value is -1.05. The summed E-state index contributed by atoms with van der Waals surface area (Å²) in [7, 11) is 0. The molecule has 0 aromatic carbocycles. The molecule has 0 aromatic heterocycles. The molecule has 0 fully saturated rings. The van der Waals surface area contributed by atoms with Crippen LogP contribution in [0.5, 0.6) is 0 Å². The summed E-state index contributed by atoms with van der Waals surface area (Å²) < 4.78 is 4.66. The topological polar surface area (TPSA) is 26.3 Å². The zero-order valence-corrected chi connectivity index (χ0v) is 7.04. The fraction of sp³-hybridized carbons (Fsp3) is 0.444. The predicted molar refractivity (Wildman–Crippen MR) is 45.2 cm³/mol. The maximum atomic E-state index is 10.7. The lowest BCUT2D eigenvalue weighted by Crippen LogP contribution is -1.98. The molecule has 0 atom stereocenters. The average Bonchev–Trinajstić information content (AvgIpc) is 1.99. The fourth-order valence-electron chi connectivity index (χ4n) is 0.539. The fourth-order valence-corrected chi connectivity index (χ4v) is 0.539. The van der Waals surface area contributed by atoms with Crippen molar-refractivity contribution >= 4 is 5.97 Å². The van der Waals surface area contributed by atoms with Crippen molar-refractivity contribution < 1.29 is 9.53 Å². The van der Waals surface area contributed by atoms with Crippen molar-refractivity contribution in [2.75, 3.05) is 6.61 Å². The average molecular weight is 154 g/mol. The lowest BCUT2D eigenvalue weighted by Gasteiger charge is -1.92. The maximum absolute atomic E-state index is 10.7. The summed E-state index contributed by atoms with van der Waals surface area (Å²) in [6.07, 6.45) is 7.87. The standard InChI is InChI=1S/C9H14O2/c1-3-5-6-7-8-9(10)11-4-2/h5-8H,3-4H2,1-2H3/b6-5?,8-7+. The number of carbonyl (C=O) groups is 1. The molecule has 0 heterocycles. The summed E-state index contributed by atoms with van der Waals surface area (Å²) in [5.74, 6) is -0.284. The third-order valence-electron chi connectivity index (χ3n) is 1.00. The normalized spacial score (nSPS) is 11.1. The quantitative estimate of drug-likeness (QED) is 0.352. The molecule has 0 amide bonds. The van der Waals surface area contributed by atoms with Gasteiger partial charge in [0.15, 0.2) is 0 Å². The van der Waals surface area contributed by atoms with Crippen molar-refractivity contribution in [3.8, 4) is 0 Å². The highest BCUT2D eigenvalue weighted by atomic mass is 16.5. The SMILES string of the molecule is CCC=C/C=C/C(=O)OCC. The Morgan fingerprint density at radius 3 is 2.64 bits per heavy atom. The third-order valence-corrected chi connectivity index (χ3v) is 1.00. The van der Waals surface area contributed by atoms with Crippen molar-refractivity contribution in [2.45, 2.75) is 20.3 Å². The molecule has 0 aliphatic rings. The third kappa shape index (κ3) is 6.84. The van der Waals surface area contributed by atoms with Crippen LogP contribution in [-0.2, 0) is 9.53 Å². The number of ether oxygens (including phenoxy) is 1. The Morgan fingerprint density at radius 1 is 1.36 bits per heavy atom. The monoisotopic (exact) mass is 154 g/mol. The van der Waals surface area contributed by atoms with Gasteiger partial charge in [0.05, 0.1) is 6.61 Å². The van der Waals surface area contributed by atoms with Crippen molar-refractivity contribution in [3.63, 3.8) is 0 Å². The van der Waals surface area contributed by atoms with Crippen LogP contribution < -0.4 is 0 Å². The van der Waals surface area contributed by atoms with E-state index in [0.29, 0.717) is 6.61 Å². The van der Waals surface area contributed by atoms with Gasteiger partial charge in [0.2, 0.25) is 0 Å². The van der Waals surface area contributed by atoms with Crippen LogP contribution in [0, 0.1) is 0 Å². The number of esters is 1. The smallest absolute Gasteiger partial charge is 0.330 e. The van der Waals surface area contributed by atoms with E-state index in [1.165, 1.54) is 6.08 Å². The Morgan fingerprint density at radius 2 is 2.09 bits per heavy atom. The van der Waals surface area contributed by atoms with E-state index in [4.69, 9.17) is 0 Å². The molecule has 2 nitrogen and oxygen atoms in total. The zero-order valence-electron chi connectivity index (χ0n) is 7.04. The summed E-state index contributed by atoms with van der Waals surface area (Å²) in [5, 5.41) is 0. The number of hydrogen-bond donors (Lipinski definition) is 0. The van der Waals surface area contributed by atoms with Gasteiger partial charge in [0, 0.05) is 6.08 Å². The van der Waals surface area contributed by atoms with Gasteiger partial charge < -0.3 is 4.74 Å². The molecule has 0 bridgehead atoms. The van der Waals surface area contributed by atoms with Crippen LogP contribution in [-0.4, -0.2) is 12.6 Å². The highest BCUT2D eigenvalue weighted by Gasteiger charge is 1.89. The first-order valence-corrected chi connectivity index (χ1v) is 3.81. The van der Waals surface area contributed by atoms with E-state index in [9.17, 15) is 4.79 Å². The highest BCUT2D eigenvalue weighted by molar-refractivity contribution is 5.82. The second-order valence-electron chi connectivity index (χ2n) is 1.95. The van der Waals surface area contributed by atoms with Crippen molar-refractivity contribution in [1.82, 2.24) is 0 Å². The first-order valence-electron chi connectivity index (χ1n) is 3.81. The highest BCUT2D eigenvalue weighted by Crippen LogP contribution is 1.84. The van der Waals surface area contributed by atoms with E-state index in [-0.39, 0.29) is 5.97 Å². The van der Waals surface area contributed by atoms with Crippen LogP contribution in [0.25, 0.3) is 0 Å². The molecule has 2 heteroatoms. The summed E-state index contributed by atoms with van der Waals surface area (Å²) in [6.45, 7) is 4.25. The summed E-state index contributed by atoms with van der Waals surface area (Å²) >= 11 is 0. The maximum Gasteiger partial charge on any atom is 0.330 e. The predicted octanol–water partition coefficient (Wildman–Crippen LogP) is 2.07. The largest absolute Gasteiger partial charge is 0.463 e. The minimum absolute atomic E-state index is 0.284. The van der Waals surface area contributed by atoms with E-state index in [0.717, 1.165) is 6.42 Å². The van der Waals surface area contributed by atoms with Crippen molar-refractivity contribution in [1.29, 1.82) is 0 Å². The van der Waals surface area contributed by atoms with E-state index in [2.05, 4.69) is 4.74 Å². The van der Waals surface area contributed by atoms with Gasteiger partial charge in [0.1, 0.15) is 0 Å². The molecule has 0 aromatic rings. The Bertz CT molecular complexity index is 157. The zero-order chi connectivity index (χ0) is 8.53. The van der Waals surface area contributed by atoms with Gasteiger partial charge in [-0.1, -0.05) is 25.2 Å². The van der Waals surface area contributed by atoms with Crippen LogP contribution in [0.4, 0.5) is 0 Å². The Kier molecular flexibility index (Phi) is 6.39. The van der Waals surface area contributed by atoms with Crippen LogP contribution >= 0.6 is 0 Å². The van der Waals surface area contributed by atoms with Crippen LogP contribution in [0.3, 0.4) is 0 Å².